The topological polar surface area (TPSA) is 23.5 Å². The Kier molecular flexibility index (Phi) is 6.37. The molecule has 2 heteroatoms. The van der Waals surface area contributed by atoms with E-state index in [2.05, 4.69) is 18.7 Å². The summed E-state index contributed by atoms with van der Waals surface area (Å²) in [6.45, 7) is 8.97. The molecule has 1 rings (SSSR count). The molecule has 0 aliphatic carbocycles. The first-order chi connectivity index (χ1) is 7.59. The van der Waals surface area contributed by atoms with Crippen molar-refractivity contribution in [2.24, 2.45) is 5.92 Å². The second-order valence-electron chi connectivity index (χ2n) is 5.81. The van der Waals surface area contributed by atoms with E-state index in [1.165, 1.54) is 45.2 Å². The number of aliphatic hydroxyl groups is 1. The van der Waals surface area contributed by atoms with E-state index in [0.717, 1.165) is 12.3 Å². The molecule has 2 unspecified atom stereocenters. The van der Waals surface area contributed by atoms with E-state index in [-0.39, 0.29) is 6.10 Å². The highest BCUT2D eigenvalue weighted by molar-refractivity contribution is 4.77. The predicted octanol–water partition coefficient (Wildman–Crippen LogP) is 3.05. The van der Waals surface area contributed by atoms with Crippen LogP contribution in [0, 0.1) is 5.92 Å². The summed E-state index contributed by atoms with van der Waals surface area (Å²) in [6.07, 6.45) is 7.43. The molecule has 0 amide bonds. The molecule has 1 aliphatic rings. The van der Waals surface area contributed by atoms with E-state index < -0.39 is 0 Å². The molecule has 0 bridgehead atoms. The zero-order valence-corrected chi connectivity index (χ0v) is 11.3. The largest absolute Gasteiger partial charge is 0.393 e. The van der Waals surface area contributed by atoms with Crippen LogP contribution in [0.5, 0.6) is 0 Å². The lowest BCUT2D eigenvalue weighted by molar-refractivity contribution is 0.109. The van der Waals surface area contributed by atoms with Gasteiger partial charge in [0.1, 0.15) is 0 Å². The quantitative estimate of drug-likeness (QED) is 0.780. The van der Waals surface area contributed by atoms with Crippen LogP contribution in [0.4, 0.5) is 0 Å². The maximum absolute atomic E-state index is 9.56. The minimum Gasteiger partial charge on any atom is -0.393 e. The average molecular weight is 227 g/mol. The summed E-state index contributed by atoms with van der Waals surface area (Å²) in [5, 5.41) is 9.56. The van der Waals surface area contributed by atoms with Gasteiger partial charge in [0, 0.05) is 6.04 Å². The van der Waals surface area contributed by atoms with Crippen LogP contribution in [0.15, 0.2) is 0 Å². The summed E-state index contributed by atoms with van der Waals surface area (Å²) in [5.74, 6) is 0.787. The fraction of sp³-hybridized carbons (Fsp3) is 1.00. The summed E-state index contributed by atoms with van der Waals surface area (Å²) in [5.41, 5.74) is 0. The Balaban J connectivity index is 2.44. The van der Waals surface area contributed by atoms with Gasteiger partial charge in [0.25, 0.3) is 0 Å². The molecule has 0 spiro atoms. The van der Waals surface area contributed by atoms with E-state index in [0.29, 0.717) is 6.04 Å². The molecule has 16 heavy (non-hydrogen) atoms. The van der Waals surface area contributed by atoms with Crippen LogP contribution < -0.4 is 0 Å². The Morgan fingerprint density at radius 2 is 1.94 bits per heavy atom. The van der Waals surface area contributed by atoms with E-state index >= 15 is 0 Å². The fourth-order valence-electron chi connectivity index (χ4n) is 2.62. The minimum absolute atomic E-state index is 0.148. The van der Waals surface area contributed by atoms with Gasteiger partial charge in [0.15, 0.2) is 0 Å². The monoisotopic (exact) mass is 227 g/mol. The SMILES string of the molecule is CC(C)CCN1CCCCCC1CC(C)O. The average Bonchev–Trinajstić information content (AvgIpc) is 2.39. The second kappa shape index (κ2) is 7.29. The molecule has 1 aliphatic heterocycles. The van der Waals surface area contributed by atoms with Crippen molar-refractivity contribution >= 4 is 0 Å². The van der Waals surface area contributed by atoms with E-state index in [1.54, 1.807) is 0 Å². The lowest BCUT2D eigenvalue weighted by Gasteiger charge is -2.31. The molecule has 0 saturated carbocycles. The number of rotatable bonds is 5. The molecule has 0 aromatic heterocycles. The number of hydrogen-bond donors (Lipinski definition) is 1. The summed E-state index contributed by atoms with van der Waals surface area (Å²) < 4.78 is 0. The lowest BCUT2D eigenvalue weighted by atomic mass is 10.0. The molecule has 0 radical (unpaired) electrons. The van der Waals surface area contributed by atoms with Crippen LogP contribution in [0.25, 0.3) is 0 Å². The standard InChI is InChI=1S/C14H29NO/c1-12(2)8-10-15-9-6-4-5-7-14(15)11-13(3)16/h12-14,16H,4-11H2,1-3H3. The van der Waals surface area contributed by atoms with Crippen LogP contribution in [0.1, 0.15) is 59.3 Å². The minimum atomic E-state index is -0.148. The van der Waals surface area contributed by atoms with Crippen molar-refractivity contribution in [2.45, 2.75) is 71.4 Å². The molecule has 1 N–H and O–H groups in total. The van der Waals surface area contributed by atoms with Crippen molar-refractivity contribution in [3.8, 4) is 0 Å². The molecular formula is C14H29NO. The van der Waals surface area contributed by atoms with Gasteiger partial charge in [-0.1, -0.05) is 26.7 Å². The zero-order chi connectivity index (χ0) is 12.0. The van der Waals surface area contributed by atoms with E-state index in [1.807, 2.05) is 6.92 Å². The predicted molar refractivity (Wildman–Crippen MR) is 69.6 cm³/mol. The number of likely N-dealkylation sites (tertiary alicyclic amines) is 1. The van der Waals surface area contributed by atoms with Crippen LogP contribution in [-0.2, 0) is 0 Å². The smallest absolute Gasteiger partial charge is 0.0527 e. The molecular weight excluding hydrogens is 198 g/mol. The van der Waals surface area contributed by atoms with Gasteiger partial charge in [0.2, 0.25) is 0 Å². The first-order valence-electron chi connectivity index (χ1n) is 7.01. The fourth-order valence-corrected chi connectivity index (χ4v) is 2.62. The van der Waals surface area contributed by atoms with Crippen molar-refractivity contribution in [2.75, 3.05) is 13.1 Å². The van der Waals surface area contributed by atoms with Gasteiger partial charge in [-0.05, 0) is 51.6 Å². The molecule has 1 saturated heterocycles. The molecule has 2 atom stereocenters. The zero-order valence-electron chi connectivity index (χ0n) is 11.3. The Morgan fingerprint density at radius 3 is 2.56 bits per heavy atom. The van der Waals surface area contributed by atoms with Gasteiger partial charge in [0.05, 0.1) is 6.10 Å². The molecule has 2 nitrogen and oxygen atoms in total. The maximum atomic E-state index is 9.56. The lowest BCUT2D eigenvalue weighted by Crippen LogP contribution is -2.38. The second-order valence-corrected chi connectivity index (χ2v) is 5.81. The number of nitrogens with zero attached hydrogens (tertiary/aromatic N) is 1. The van der Waals surface area contributed by atoms with Crippen molar-refractivity contribution < 1.29 is 5.11 Å². The summed E-state index contributed by atoms with van der Waals surface area (Å²) in [4.78, 5) is 2.62. The van der Waals surface area contributed by atoms with E-state index in [9.17, 15) is 5.11 Å². The highest BCUT2D eigenvalue weighted by Gasteiger charge is 2.21. The Morgan fingerprint density at radius 1 is 1.19 bits per heavy atom. The molecule has 96 valence electrons. The first-order valence-corrected chi connectivity index (χ1v) is 7.01. The van der Waals surface area contributed by atoms with Crippen LogP contribution in [0.2, 0.25) is 0 Å². The highest BCUT2D eigenvalue weighted by atomic mass is 16.3. The Bertz CT molecular complexity index is 180. The van der Waals surface area contributed by atoms with Crippen molar-refractivity contribution in [1.29, 1.82) is 0 Å². The molecule has 0 aromatic rings. The van der Waals surface area contributed by atoms with Crippen molar-refractivity contribution in [3.63, 3.8) is 0 Å². The van der Waals surface area contributed by atoms with Crippen molar-refractivity contribution in [3.05, 3.63) is 0 Å². The summed E-state index contributed by atoms with van der Waals surface area (Å²) in [6, 6.07) is 0.626. The maximum Gasteiger partial charge on any atom is 0.0527 e. The third kappa shape index (κ3) is 5.31. The van der Waals surface area contributed by atoms with Crippen LogP contribution >= 0.6 is 0 Å². The van der Waals surface area contributed by atoms with Crippen molar-refractivity contribution in [1.82, 2.24) is 4.90 Å². The van der Waals surface area contributed by atoms with Crippen LogP contribution in [-0.4, -0.2) is 35.2 Å². The summed E-state index contributed by atoms with van der Waals surface area (Å²) >= 11 is 0. The van der Waals surface area contributed by atoms with E-state index in [4.69, 9.17) is 0 Å². The van der Waals surface area contributed by atoms with Gasteiger partial charge in [-0.15, -0.1) is 0 Å². The first kappa shape index (κ1) is 14.0. The van der Waals surface area contributed by atoms with Gasteiger partial charge >= 0.3 is 0 Å². The third-order valence-electron chi connectivity index (χ3n) is 3.61. The number of hydrogen-bond acceptors (Lipinski definition) is 2. The highest BCUT2D eigenvalue weighted by Crippen LogP contribution is 2.21. The van der Waals surface area contributed by atoms with Gasteiger partial charge in [-0.25, -0.2) is 0 Å². The number of aliphatic hydroxyl groups excluding tert-OH is 1. The molecule has 1 heterocycles. The third-order valence-corrected chi connectivity index (χ3v) is 3.61. The van der Waals surface area contributed by atoms with Gasteiger partial charge in [-0.2, -0.15) is 0 Å². The Hall–Kier alpha value is -0.0800. The summed E-state index contributed by atoms with van der Waals surface area (Å²) in [7, 11) is 0. The van der Waals surface area contributed by atoms with Gasteiger partial charge in [-0.3, -0.25) is 0 Å². The van der Waals surface area contributed by atoms with Crippen LogP contribution in [0.3, 0.4) is 0 Å². The molecule has 1 fully saturated rings. The molecule has 0 aromatic carbocycles. The van der Waals surface area contributed by atoms with Gasteiger partial charge < -0.3 is 10.0 Å². The Labute approximate surface area is 101 Å². The normalized spacial score (nSPS) is 25.7.